The molecule has 0 aliphatic rings. The van der Waals surface area contributed by atoms with Gasteiger partial charge in [0.1, 0.15) is 0 Å². The lowest BCUT2D eigenvalue weighted by atomic mass is 10.0. The van der Waals surface area contributed by atoms with Crippen molar-refractivity contribution < 1.29 is 28.6 Å². The van der Waals surface area contributed by atoms with Gasteiger partial charge in [-0.25, -0.2) is 4.79 Å². The second-order valence-corrected chi connectivity index (χ2v) is 6.16. The molecule has 0 aliphatic heterocycles. The third-order valence-electron chi connectivity index (χ3n) is 4.17. The third-order valence-corrected chi connectivity index (χ3v) is 4.17. The highest BCUT2D eigenvalue weighted by atomic mass is 16.5. The van der Waals surface area contributed by atoms with Gasteiger partial charge in [0.15, 0.2) is 11.5 Å². The molecular formula is C21H24N2O6. The Hall–Kier alpha value is -3.55. The van der Waals surface area contributed by atoms with Crippen LogP contribution < -0.4 is 20.1 Å². The van der Waals surface area contributed by atoms with Crippen LogP contribution in [0, 0.1) is 0 Å². The number of carbonyl (C=O) groups is 3. The molecule has 1 atom stereocenters. The Morgan fingerprint density at radius 2 is 1.59 bits per heavy atom. The van der Waals surface area contributed by atoms with Gasteiger partial charge >= 0.3 is 5.97 Å². The normalized spacial score (nSPS) is 11.2. The van der Waals surface area contributed by atoms with E-state index in [9.17, 15) is 14.4 Å². The van der Waals surface area contributed by atoms with Crippen molar-refractivity contribution in [2.75, 3.05) is 26.6 Å². The van der Waals surface area contributed by atoms with Gasteiger partial charge < -0.3 is 24.8 Å². The first-order chi connectivity index (χ1) is 13.9. The fraction of sp³-hybridized carbons (Fsp3) is 0.286. The summed E-state index contributed by atoms with van der Waals surface area (Å²) < 4.78 is 15.2. The smallest absolute Gasteiger partial charge is 0.340 e. The highest BCUT2D eigenvalue weighted by Crippen LogP contribution is 2.34. The maximum atomic E-state index is 12.7. The van der Waals surface area contributed by atoms with E-state index in [0.29, 0.717) is 11.5 Å². The number of hydrogen-bond donors (Lipinski definition) is 2. The average molecular weight is 400 g/mol. The van der Waals surface area contributed by atoms with Crippen molar-refractivity contribution in [3.63, 3.8) is 0 Å². The van der Waals surface area contributed by atoms with Gasteiger partial charge in [-0.3, -0.25) is 9.59 Å². The predicted octanol–water partition coefficient (Wildman–Crippen LogP) is 2.70. The number of benzene rings is 2. The minimum atomic E-state index is -0.636. The van der Waals surface area contributed by atoms with Crippen LogP contribution >= 0.6 is 0 Å². The van der Waals surface area contributed by atoms with Crippen molar-refractivity contribution in [3.05, 3.63) is 53.6 Å². The van der Waals surface area contributed by atoms with Crippen LogP contribution in [0.2, 0.25) is 0 Å². The number of rotatable bonds is 8. The van der Waals surface area contributed by atoms with Crippen LogP contribution in [0.25, 0.3) is 0 Å². The maximum Gasteiger partial charge on any atom is 0.340 e. The van der Waals surface area contributed by atoms with E-state index >= 15 is 0 Å². The summed E-state index contributed by atoms with van der Waals surface area (Å²) in [6.07, 6.45) is -0.0292. The predicted molar refractivity (Wildman–Crippen MR) is 107 cm³/mol. The quantitative estimate of drug-likeness (QED) is 0.661. The molecule has 2 N–H and O–H groups in total. The van der Waals surface area contributed by atoms with E-state index in [4.69, 9.17) is 14.2 Å². The number of ether oxygens (including phenoxy) is 3. The average Bonchev–Trinajstić information content (AvgIpc) is 2.72. The largest absolute Gasteiger partial charge is 0.493 e. The van der Waals surface area contributed by atoms with E-state index in [1.807, 2.05) is 30.3 Å². The molecule has 2 aromatic carbocycles. The molecular weight excluding hydrogens is 376 g/mol. The third kappa shape index (κ3) is 5.71. The lowest BCUT2D eigenvalue weighted by Gasteiger charge is -2.19. The number of amides is 2. The molecule has 2 aromatic rings. The Kier molecular flexibility index (Phi) is 7.59. The van der Waals surface area contributed by atoms with E-state index < -0.39 is 17.9 Å². The molecule has 154 valence electrons. The molecule has 0 bridgehead atoms. The SMILES string of the molecule is COC(=O)c1cc(OC)c(OC)cc1NC(=O)C[C@@H](NC(C)=O)c1ccccc1. The minimum absolute atomic E-state index is 0.0292. The van der Waals surface area contributed by atoms with Crippen molar-refractivity contribution in [1.29, 1.82) is 0 Å². The number of esters is 1. The van der Waals surface area contributed by atoms with E-state index in [2.05, 4.69) is 10.6 Å². The van der Waals surface area contributed by atoms with Crippen LogP contribution in [0.15, 0.2) is 42.5 Å². The lowest BCUT2D eigenvalue weighted by Crippen LogP contribution is -2.30. The minimum Gasteiger partial charge on any atom is -0.493 e. The maximum absolute atomic E-state index is 12.7. The van der Waals surface area contributed by atoms with Gasteiger partial charge in [0.2, 0.25) is 11.8 Å². The highest BCUT2D eigenvalue weighted by Gasteiger charge is 2.21. The fourth-order valence-corrected chi connectivity index (χ4v) is 2.83. The van der Waals surface area contributed by atoms with Gasteiger partial charge in [-0.2, -0.15) is 0 Å². The standard InChI is InChI=1S/C21H24N2O6/c1-13(24)22-16(14-8-6-5-7-9-14)12-20(25)23-17-11-19(28-3)18(27-2)10-15(17)21(26)29-4/h5-11,16H,12H2,1-4H3,(H,22,24)(H,23,25)/t16-/m1/s1. The summed E-state index contributed by atoms with van der Waals surface area (Å²) in [5, 5.41) is 5.46. The second-order valence-electron chi connectivity index (χ2n) is 6.16. The van der Waals surface area contributed by atoms with E-state index in [1.165, 1.54) is 40.4 Å². The summed E-state index contributed by atoms with van der Waals surface area (Å²) >= 11 is 0. The van der Waals surface area contributed by atoms with Gasteiger partial charge in [0.25, 0.3) is 0 Å². The molecule has 0 heterocycles. The summed E-state index contributed by atoms with van der Waals surface area (Å²) in [6, 6.07) is 11.5. The molecule has 2 rings (SSSR count). The molecule has 2 amide bonds. The Bertz CT molecular complexity index is 882. The first-order valence-electron chi connectivity index (χ1n) is 8.85. The number of nitrogens with one attached hydrogen (secondary N) is 2. The zero-order valence-corrected chi connectivity index (χ0v) is 16.8. The molecule has 0 saturated heterocycles. The van der Waals surface area contributed by atoms with E-state index in [1.54, 1.807) is 0 Å². The topological polar surface area (TPSA) is 103 Å². The van der Waals surface area contributed by atoms with Gasteiger partial charge in [-0.1, -0.05) is 30.3 Å². The van der Waals surface area contributed by atoms with E-state index in [-0.39, 0.29) is 23.6 Å². The van der Waals surface area contributed by atoms with Crippen molar-refractivity contribution in [2.45, 2.75) is 19.4 Å². The molecule has 0 radical (unpaired) electrons. The molecule has 8 nitrogen and oxygen atoms in total. The van der Waals surface area contributed by atoms with Crippen LogP contribution in [-0.4, -0.2) is 39.1 Å². The summed E-state index contributed by atoms with van der Waals surface area (Å²) in [4.78, 5) is 36.4. The van der Waals surface area contributed by atoms with Gasteiger partial charge in [0.05, 0.1) is 45.0 Å². The van der Waals surface area contributed by atoms with Crippen molar-refractivity contribution >= 4 is 23.5 Å². The fourth-order valence-electron chi connectivity index (χ4n) is 2.83. The number of anilines is 1. The van der Waals surface area contributed by atoms with Crippen LogP contribution in [0.3, 0.4) is 0 Å². The van der Waals surface area contributed by atoms with Crippen molar-refractivity contribution in [1.82, 2.24) is 5.32 Å². The molecule has 0 aromatic heterocycles. The van der Waals surface area contributed by atoms with Gasteiger partial charge in [-0.05, 0) is 5.56 Å². The second kappa shape index (κ2) is 10.1. The van der Waals surface area contributed by atoms with Crippen LogP contribution in [0.1, 0.15) is 35.3 Å². The first kappa shape index (κ1) is 21.7. The summed E-state index contributed by atoms with van der Waals surface area (Å²) in [6.45, 7) is 1.39. The Balaban J connectivity index is 2.30. The lowest BCUT2D eigenvalue weighted by molar-refractivity contribution is -0.120. The Morgan fingerprint density at radius 1 is 0.966 bits per heavy atom. The number of methoxy groups -OCH3 is 3. The summed E-state index contributed by atoms with van der Waals surface area (Å²) in [5.74, 6) is -0.621. The summed E-state index contributed by atoms with van der Waals surface area (Å²) in [7, 11) is 4.13. The Labute approximate surface area is 169 Å². The molecule has 29 heavy (non-hydrogen) atoms. The van der Waals surface area contributed by atoms with Crippen molar-refractivity contribution in [2.24, 2.45) is 0 Å². The van der Waals surface area contributed by atoms with Crippen LogP contribution in [0.4, 0.5) is 5.69 Å². The molecule has 0 aliphatic carbocycles. The molecule has 0 fully saturated rings. The van der Waals surface area contributed by atoms with E-state index in [0.717, 1.165) is 5.56 Å². The Morgan fingerprint density at radius 3 is 2.14 bits per heavy atom. The zero-order chi connectivity index (χ0) is 21.4. The number of hydrogen-bond acceptors (Lipinski definition) is 6. The van der Waals surface area contributed by atoms with Crippen molar-refractivity contribution in [3.8, 4) is 11.5 Å². The molecule has 0 unspecified atom stereocenters. The van der Waals surface area contributed by atoms with Gasteiger partial charge in [-0.15, -0.1) is 0 Å². The monoisotopic (exact) mass is 400 g/mol. The highest BCUT2D eigenvalue weighted by molar-refractivity contribution is 6.02. The van der Waals surface area contributed by atoms with Crippen LogP contribution in [0.5, 0.6) is 11.5 Å². The molecule has 8 heteroatoms. The zero-order valence-electron chi connectivity index (χ0n) is 16.8. The van der Waals surface area contributed by atoms with Gasteiger partial charge in [0, 0.05) is 19.1 Å². The molecule has 0 spiro atoms. The van der Waals surface area contributed by atoms with Crippen LogP contribution in [-0.2, 0) is 14.3 Å². The number of carbonyl (C=O) groups excluding carboxylic acids is 3. The first-order valence-corrected chi connectivity index (χ1v) is 8.85. The summed E-state index contributed by atoms with van der Waals surface area (Å²) in [5.41, 5.74) is 1.13. The molecule has 0 saturated carbocycles.